The fraction of sp³-hybridized carbons (Fsp3) is 0.333. The number of carbonyl (C=O) groups is 1. The molecule has 2 heterocycles. The normalized spacial score (nSPS) is 15.7. The Morgan fingerprint density at radius 3 is 2.73 bits per heavy atom. The molecule has 1 fully saturated rings. The van der Waals surface area contributed by atoms with Gasteiger partial charge in [0.05, 0.1) is 12.2 Å². The van der Waals surface area contributed by atoms with Gasteiger partial charge in [-0.25, -0.2) is 4.98 Å². The lowest BCUT2D eigenvalue weighted by Gasteiger charge is -2.25. The third kappa shape index (κ3) is 4.23. The predicted octanol–water partition coefficient (Wildman–Crippen LogP) is 3.45. The van der Waals surface area contributed by atoms with Gasteiger partial charge in [0.25, 0.3) is 0 Å². The first-order chi connectivity index (χ1) is 10.7. The van der Waals surface area contributed by atoms with Crippen LogP contribution in [0, 0.1) is 0 Å². The third-order valence-corrected chi connectivity index (χ3v) is 5.31. The van der Waals surface area contributed by atoms with E-state index in [4.69, 9.17) is 11.6 Å². The lowest BCUT2D eigenvalue weighted by molar-refractivity contribution is -0.117. The van der Waals surface area contributed by atoms with Crippen molar-refractivity contribution in [2.75, 3.05) is 36.5 Å². The molecule has 22 heavy (non-hydrogen) atoms. The summed E-state index contributed by atoms with van der Waals surface area (Å²) < 4.78 is 0. The van der Waals surface area contributed by atoms with Crippen molar-refractivity contribution in [1.29, 1.82) is 0 Å². The van der Waals surface area contributed by atoms with Crippen molar-refractivity contribution >= 4 is 45.7 Å². The number of nitrogens with one attached hydrogen (secondary N) is 1. The molecule has 1 aliphatic heterocycles. The minimum Gasteiger partial charge on any atom is -0.301 e. The van der Waals surface area contributed by atoms with E-state index in [1.54, 1.807) is 0 Å². The van der Waals surface area contributed by atoms with Crippen LogP contribution in [0.4, 0.5) is 5.13 Å². The Bertz CT molecular complexity index is 638. The van der Waals surface area contributed by atoms with Crippen LogP contribution >= 0.6 is 34.7 Å². The van der Waals surface area contributed by atoms with Crippen LogP contribution in [0.2, 0.25) is 5.02 Å². The second-order valence-electron chi connectivity index (χ2n) is 4.98. The molecule has 1 aliphatic rings. The largest absolute Gasteiger partial charge is 0.301 e. The van der Waals surface area contributed by atoms with E-state index < -0.39 is 0 Å². The monoisotopic (exact) mass is 353 g/mol. The van der Waals surface area contributed by atoms with Gasteiger partial charge in [0, 0.05) is 40.6 Å². The van der Waals surface area contributed by atoms with E-state index >= 15 is 0 Å². The van der Waals surface area contributed by atoms with Gasteiger partial charge in [-0.05, 0) is 12.1 Å². The van der Waals surface area contributed by atoms with Gasteiger partial charge in [0.15, 0.2) is 5.13 Å². The summed E-state index contributed by atoms with van der Waals surface area (Å²) in [6.07, 6.45) is 0. The van der Waals surface area contributed by atoms with Gasteiger partial charge in [-0.3, -0.25) is 9.69 Å². The second kappa shape index (κ2) is 7.46. The Labute approximate surface area is 142 Å². The van der Waals surface area contributed by atoms with E-state index in [1.807, 2.05) is 41.4 Å². The number of thiazole rings is 1. The first kappa shape index (κ1) is 15.8. The summed E-state index contributed by atoms with van der Waals surface area (Å²) in [6.45, 7) is 2.40. The smallest absolute Gasteiger partial charge is 0.240 e. The van der Waals surface area contributed by atoms with Gasteiger partial charge in [0.2, 0.25) is 5.91 Å². The first-order valence-corrected chi connectivity index (χ1v) is 9.43. The molecule has 1 aromatic heterocycles. The fourth-order valence-corrected chi connectivity index (χ4v) is 4.05. The molecule has 0 spiro atoms. The maximum absolute atomic E-state index is 12.1. The number of benzene rings is 1. The molecule has 7 heteroatoms. The van der Waals surface area contributed by atoms with Crippen molar-refractivity contribution in [3.8, 4) is 11.3 Å². The van der Waals surface area contributed by atoms with Gasteiger partial charge in [0.1, 0.15) is 0 Å². The van der Waals surface area contributed by atoms with Gasteiger partial charge >= 0.3 is 0 Å². The zero-order valence-electron chi connectivity index (χ0n) is 11.9. The van der Waals surface area contributed by atoms with Crippen molar-refractivity contribution < 1.29 is 4.79 Å². The minimum absolute atomic E-state index is 0.00362. The Balaban J connectivity index is 1.59. The maximum Gasteiger partial charge on any atom is 0.240 e. The highest BCUT2D eigenvalue weighted by Gasteiger charge is 2.15. The van der Waals surface area contributed by atoms with Gasteiger partial charge < -0.3 is 5.32 Å². The summed E-state index contributed by atoms with van der Waals surface area (Å²) in [4.78, 5) is 18.7. The van der Waals surface area contributed by atoms with Crippen LogP contribution in [0.1, 0.15) is 0 Å². The highest BCUT2D eigenvalue weighted by Crippen LogP contribution is 2.26. The molecule has 2 aromatic rings. The highest BCUT2D eigenvalue weighted by molar-refractivity contribution is 7.99. The maximum atomic E-state index is 12.1. The van der Waals surface area contributed by atoms with Crippen molar-refractivity contribution in [3.63, 3.8) is 0 Å². The van der Waals surface area contributed by atoms with Crippen LogP contribution in [0.5, 0.6) is 0 Å². The van der Waals surface area contributed by atoms with E-state index in [2.05, 4.69) is 15.2 Å². The van der Waals surface area contributed by atoms with Crippen LogP contribution in [0.15, 0.2) is 29.6 Å². The molecule has 0 bridgehead atoms. The number of halogens is 1. The molecule has 0 atom stereocenters. The summed E-state index contributed by atoms with van der Waals surface area (Å²) in [5, 5.41) is 6.17. The molecule has 1 saturated heterocycles. The molecular weight excluding hydrogens is 338 g/mol. The molecule has 0 saturated carbocycles. The van der Waals surface area contributed by atoms with Gasteiger partial charge in [-0.1, -0.05) is 23.7 Å². The average molecular weight is 354 g/mol. The zero-order chi connectivity index (χ0) is 15.4. The molecule has 0 aliphatic carbocycles. The number of nitrogens with zero attached hydrogens (tertiary/aromatic N) is 2. The molecule has 0 unspecified atom stereocenters. The molecule has 116 valence electrons. The van der Waals surface area contributed by atoms with E-state index in [9.17, 15) is 4.79 Å². The minimum atomic E-state index is 0.00362. The second-order valence-corrected chi connectivity index (χ2v) is 7.50. The van der Waals surface area contributed by atoms with Gasteiger partial charge in [-0.15, -0.1) is 11.3 Å². The number of carbonyl (C=O) groups excluding carboxylic acids is 1. The average Bonchev–Trinajstić information content (AvgIpc) is 2.97. The number of rotatable bonds is 4. The highest BCUT2D eigenvalue weighted by atomic mass is 35.5. The summed E-state index contributed by atoms with van der Waals surface area (Å²) in [5.74, 6) is 2.21. The third-order valence-electron chi connectivity index (χ3n) is 3.36. The van der Waals surface area contributed by atoms with Crippen LogP contribution in [-0.4, -0.2) is 46.9 Å². The molecule has 0 radical (unpaired) electrons. The molecule has 4 nitrogen and oxygen atoms in total. The van der Waals surface area contributed by atoms with Crippen molar-refractivity contribution in [1.82, 2.24) is 9.88 Å². The SMILES string of the molecule is O=C(CN1CCSCC1)Nc1nc(-c2ccc(Cl)cc2)cs1. The Morgan fingerprint density at radius 1 is 1.27 bits per heavy atom. The Morgan fingerprint density at radius 2 is 2.00 bits per heavy atom. The Hall–Kier alpha value is -1.08. The molecular formula is C15H16ClN3OS2. The summed E-state index contributed by atoms with van der Waals surface area (Å²) in [5.41, 5.74) is 1.85. The van der Waals surface area contributed by atoms with Crippen molar-refractivity contribution in [2.45, 2.75) is 0 Å². The lowest BCUT2D eigenvalue weighted by atomic mass is 10.2. The summed E-state index contributed by atoms with van der Waals surface area (Å²) in [6, 6.07) is 7.52. The number of anilines is 1. The van der Waals surface area contributed by atoms with Crippen molar-refractivity contribution in [3.05, 3.63) is 34.7 Å². The van der Waals surface area contributed by atoms with Crippen LogP contribution in [0.3, 0.4) is 0 Å². The molecule has 1 N–H and O–H groups in total. The van der Waals surface area contributed by atoms with Gasteiger partial charge in [-0.2, -0.15) is 11.8 Å². The van der Waals surface area contributed by atoms with E-state index in [1.165, 1.54) is 11.3 Å². The van der Waals surface area contributed by atoms with Crippen LogP contribution < -0.4 is 5.32 Å². The molecule has 3 rings (SSSR count). The number of thioether (sulfide) groups is 1. The summed E-state index contributed by atoms with van der Waals surface area (Å²) in [7, 11) is 0. The van der Waals surface area contributed by atoms with Crippen LogP contribution in [-0.2, 0) is 4.79 Å². The Kier molecular flexibility index (Phi) is 5.36. The van der Waals surface area contributed by atoms with E-state index in [0.29, 0.717) is 16.7 Å². The molecule has 1 aromatic carbocycles. The number of hydrogen-bond acceptors (Lipinski definition) is 5. The van der Waals surface area contributed by atoms with Crippen molar-refractivity contribution in [2.24, 2.45) is 0 Å². The predicted molar refractivity (Wildman–Crippen MR) is 95.0 cm³/mol. The number of amides is 1. The number of aromatic nitrogens is 1. The standard InChI is InChI=1S/C15H16ClN3OS2/c16-12-3-1-11(2-4-12)13-10-22-15(17-13)18-14(20)9-19-5-7-21-8-6-19/h1-4,10H,5-9H2,(H,17,18,20). The topological polar surface area (TPSA) is 45.2 Å². The molecule has 1 amide bonds. The summed E-state index contributed by atoms with van der Waals surface area (Å²) >= 11 is 9.26. The fourth-order valence-electron chi connectivity index (χ4n) is 2.21. The van der Waals surface area contributed by atoms with Crippen LogP contribution in [0.25, 0.3) is 11.3 Å². The lowest BCUT2D eigenvalue weighted by Crippen LogP contribution is -2.38. The quantitative estimate of drug-likeness (QED) is 0.914. The number of hydrogen-bond donors (Lipinski definition) is 1. The van der Waals surface area contributed by atoms with E-state index in [-0.39, 0.29) is 5.91 Å². The zero-order valence-corrected chi connectivity index (χ0v) is 14.3. The van der Waals surface area contributed by atoms with E-state index in [0.717, 1.165) is 35.9 Å². The first-order valence-electron chi connectivity index (χ1n) is 7.02.